The number of aryl methyl sites for hydroxylation is 1. The van der Waals surface area contributed by atoms with Gasteiger partial charge in [-0.3, -0.25) is 4.79 Å². The van der Waals surface area contributed by atoms with Gasteiger partial charge in [0, 0.05) is 36.6 Å². The van der Waals surface area contributed by atoms with Crippen molar-refractivity contribution in [1.82, 2.24) is 9.55 Å². The fourth-order valence-electron chi connectivity index (χ4n) is 3.93. The lowest BCUT2D eigenvalue weighted by Crippen LogP contribution is -1.98. The van der Waals surface area contributed by atoms with Crippen molar-refractivity contribution in [2.45, 2.75) is 4.90 Å². The van der Waals surface area contributed by atoms with Crippen LogP contribution >= 0.6 is 0 Å². The number of rotatable bonds is 3. The van der Waals surface area contributed by atoms with Crippen molar-refractivity contribution < 1.29 is 23.1 Å². The number of aromatic nitrogens is 2. The molecule has 0 unspecified atom stereocenters. The molecule has 1 N–H and O–H groups in total. The van der Waals surface area contributed by atoms with E-state index in [4.69, 9.17) is 4.74 Å². The van der Waals surface area contributed by atoms with E-state index in [1.165, 1.54) is 12.3 Å². The van der Waals surface area contributed by atoms with Crippen molar-refractivity contribution in [1.29, 1.82) is 0 Å². The Morgan fingerprint density at radius 1 is 1.09 bits per heavy atom. The molecular weight excluding hydrogens is 428 g/mol. The third-order valence-electron chi connectivity index (χ3n) is 5.44. The van der Waals surface area contributed by atoms with Crippen molar-refractivity contribution in [3.8, 4) is 22.6 Å². The van der Waals surface area contributed by atoms with Crippen molar-refractivity contribution >= 4 is 32.7 Å². The first kappa shape index (κ1) is 20.0. The molecule has 0 radical (unpaired) electrons. The number of ketones is 1. The molecule has 0 bridgehead atoms. The van der Waals surface area contributed by atoms with Crippen LogP contribution in [0.15, 0.2) is 71.6 Å². The smallest absolute Gasteiger partial charge is 0.235 e. The number of nitrogens with zero attached hydrogens (tertiary/aromatic N) is 2. The van der Waals surface area contributed by atoms with Crippen LogP contribution in [0, 0.1) is 0 Å². The van der Waals surface area contributed by atoms with Crippen LogP contribution in [0.4, 0.5) is 0 Å². The van der Waals surface area contributed by atoms with E-state index in [2.05, 4.69) is 4.98 Å². The summed E-state index contributed by atoms with van der Waals surface area (Å²) in [4.78, 5) is 17.5. The van der Waals surface area contributed by atoms with Crippen LogP contribution in [-0.2, 0) is 16.9 Å². The van der Waals surface area contributed by atoms with Crippen molar-refractivity contribution in [3.63, 3.8) is 0 Å². The summed E-state index contributed by atoms with van der Waals surface area (Å²) in [6.45, 7) is 0. The number of phenolic OH excluding ortho intramolecular Hbond substituents is 1. The van der Waals surface area contributed by atoms with Gasteiger partial charge in [-0.2, -0.15) is 0 Å². The Balaban J connectivity index is 1.66. The van der Waals surface area contributed by atoms with E-state index in [1.54, 1.807) is 48.7 Å². The van der Waals surface area contributed by atoms with Crippen molar-refractivity contribution in [2.75, 3.05) is 6.26 Å². The van der Waals surface area contributed by atoms with Gasteiger partial charge in [0.1, 0.15) is 22.7 Å². The molecule has 0 aliphatic carbocycles. The SMILES string of the molecule is Cn1cc(/C=C2\Oc3cccc(O)c3C2=O)c2c(-c3ccc(S(C)(=O)=O)cc3)ccnc21. The number of hydrogen-bond acceptors (Lipinski definition) is 6. The number of Topliss-reactive ketones (excluding diaryl/α,β-unsaturated/α-hetero) is 1. The number of phenols is 1. The second-order valence-electron chi connectivity index (χ2n) is 7.64. The van der Waals surface area contributed by atoms with E-state index in [0.717, 1.165) is 16.5 Å². The summed E-state index contributed by atoms with van der Waals surface area (Å²) in [5, 5.41) is 10.8. The molecule has 0 saturated carbocycles. The minimum Gasteiger partial charge on any atom is -0.507 e. The summed E-state index contributed by atoms with van der Waals surface area (Å²) in [7, 11) is -1.45. The Morgan fingerprint density at radius 2 is 1.84 bits per heavy atom. The maximum Gasteiger partial charge on any atom is 0.235 e. The minimum absolute atomic E-state index is 0.108. The van der Waals surface area contributed by atoms with E-state index in [-0.39, 0.29) is 22.0 Å². The largest absolute Gasteiger partial charge is 0.507 e. The predicted molar refractivity (Wildman–Crippen MR) is 120 cm³/mol. The average Bonchev–Trinajstić information content (AvgIpc) is 3.25. The van der Waals surface area contributed by atoms with Gasteiger partial charge in [0.25, 0.3) is 0 Å². The van der Waals surface area contributed by atoms with Crippen LogP contribution in [-0.4, -0.2) is 35.1 Å². The van der Waals surface area contributed by atoms with E-state index in [1.807, 2.05) is 23.9 Å². The van der Waals surface area contributed by atoms with Crippen LogP contribution in [0.25, 0.3) is 28.2 Å². The van der Waals surface area contributed by atoms with Crippen LogP contribution in [0.1, 0.15) is 15.9 Å². The highest BCUT2D eigenvalue weighted by atomic mass is 32.2. The van der Waals surface area contributed by atoms with Gasteiger partial charge in [0.15, 0.2) is 15.6 Å². The molecule has 0 atom stereocenters. The Bertz CT molecular complexity index is 1550. The van der Waals surface area contributed by atoms with Crippen molar-refractivity contribution in [3.05, 3.63) is 77.8 Å². The van der Waals surface area contributed by atoms with Crippen LogP contribution in [0.5, 0.6) is 11.5 Å². The third kappa shape index (κ3) is 3.16. The average molecular weight is 446 g/mol. The molecule has 2 aromatic heterocycles. The summed E-state index contributed by atoms with van der Waals surface area (Å²) < 4.78 is 31.2. The number of carbonyl (C=O) groups excluding carboxylic acids is 1. The monoisotopic (exact) mass is 446 g/mol. The molecular formula is C24H18N2O5S. The molecule has 32 heavy (non-hydrogen) atoms. The second kappa shape index (κ2) is 7.06. The number of ether oxygens (including phenoxy) is 1. The number of aromatic hydroxyl groups is 1. The number of allylic oxidation sites excluding steroid dienone is 1. The number of pyridine rings is 1. The van der Waals surface area contributed by atoms with Gasteiger partial charge in [-0.25, -0.2) is 13.4 Å². The zero-order valence-corrected chi connectivity index (χ0v) is 18.1. The van der Waals surface area contributed by atoms with E-state index in [9.17, 15) is 18.3 Å². The number of fused-ring (bicyclic) bond motifs is 2. The predicted octanol–water partition coefficient (Wildman–Crippen LogP) is 3.97. The van der Waals surface area contributed by atoms with Crippen LogP contribution in [0.3, 0.4) is 0 Å². The Morgan fingerprint density at radius 3 is 2.53 bits per heavy atom. The van der Waals surface area contributed by atoms with Crippen LogP contribution < -0.4 is 4.74 Å². The molecule has 160 valence electrons. The highest BCUT2D eigenvalue weighted by Gasteiger charge is 2.30. The topological polar surface area (TPSA) is 98.5 Å². The van der Waals surface area contributed by atoms with Gasteiger partial charge >= 0.3 is 0 Å². The molecule has 0 spiro atoms. The lowest BCUT2D eigenvalue weighted by atomic mass is 10.0. The summed E-state index contributed by atoms with van der Waals surface area (Å²) >= 11 is 0. The first-order valence-corrected chi connectivity index (χ1v) is 11.6. The molecule has 4 aromatic rings. The maximum atomic E-state index is 12.8. The fourth-order valence-corrected chi connectivity index (χ4v) is 4.56. The van der Waals surface area contributed by atoms with E-state index < -0.39 is 15.6 Å². The Hall–Kier alpha value is -3.91. The minimum atomic E-state index is -3.30. The van der Waals surface area contributed by atoms with E-state index in [0.29, 0.717) is 17.0 Å². The first-order valence-electron chi connectivity index (χ1n) is 9.75. The van der Waals surface area contributed by atoms with Gasteiger partial charge in [-0.05, 0) is 47.5 Å². The summed E-state index contributed by atoms with van der Waals surface area (Å²) in [5.74, 6) is -0.0902. The molecule has 0 saturated heterocycles. The number of sulfone groups is 1. The van der Waals surface area contributed by atoms with E-state index >= 15 is 0 Å². The molecule has 0 fully saturated rings. The lowest BCUT2D eigenvalue weighted by molar-refractivity contribution is 0.101. The summed E-state index contributed by atoms with van der Waals surface area (Å²) in [6, 6.07) is 13.2. The highest BCUT2D eigenvalue weighted by molar-refractivity contribution is 7.90. The zero-order chi connectivity index (χ0) is 22.6. The molecule has 0 amide bonds. The molecule has 2 aromatic carbocycles. The molecule has 5 rings (SSSR count). The number of benzene rings is 2. The fraction of sp³-hybridized carbons (Fsp3) is 0.0833. The zero-order valence-electron chi connectivity index (χ0n) is 17.2. The van der Waals surface area contributed by atoms with Crippen LogP contribution in [0.2, 0.25) is 0 Å². The molecule has 1 aliphatic heterocycles. The quantitative estimate of drug-likeness (QED) is 0.478. The maximum absolute atomic E-state index is 12.8. The normalized spacial score (nSPS) is 14.7. The van der Waals surface area contributed by atoms with Gasteiger partial charge in [-0.1, -0.05) is 18.2 Å². The summed E-state index contributed by atoms with van der Waals surface area (Å²) in [6.07, 6.45) is 6.34. The number of hydrogen-bond donors (Lipinski definition) is 1. The Kier molecular flexibility index (Phi) is 4.42. The lowest BCUT2D eigenvalue weighted by Gasteiger charge is -2.07. The van der Waals surface area contributed by atoms with Gasteiger partial charge < -0.3 is 14.4 Å². The van der Waals surface area contributed by atoms with Gasteiger partial charge in [0.2, 0.25) is 5.78 Å². The molecule has 8 heteroatoms. The summed E-state index contributed by atoms with van der Waals surface area (Å²) in [5.41, 5.74) is 3.22. The molecule has 7 nitrogen and oxygen atoms in total. The van der Waals surface area contributed by atoms with Crippen molar-refractivity contribution in [2.24, 2.45) is 7.05 Å². The van der Waals surface area contributed by atoms with Gasteiger partial charge in [-0.15, -0.1) is 0 Å². The van der Waals surface area contributed by atoms with Gasteiger partial charge in [0.05, 0.1) is 4.90 Å². The second-order valence-corrected chi connectivity index (χ2v) is 9.65. The number of carbonyl (C=O) groups is 1. The molecule has 3 heterocycles. The standard InChI is InChI=1S/C24H18N2O5S/c1-26-13-15(12-20-23(28)22-18(27)4-3-5-19(22)31-20)21-17(10-11-25-24(21)26)14-6-8-16(9-7-14)32(2,29)30/h3-13,27H,1-2H3/b20-12-. The Labute approximate surface area is 184 Å². The highest BCUT2D eigenvalue weighted by Crippen LogP contribution is 2.39. The molecule has 1 aliphatic rings. The third-order valence-corrected chi connectivity index (χ3v) is 6.57. The first-order chi connectivity index (χ1) is 15.2.